The third-order valence-electron chi connectivity index (χ3n) is 3.54. The molecule has 0 radical (unpaired) electrons. The van der Waals surface area contributed by atoms with Gasteiger partial charge in [0.15, 0.2) is 5.13 Å². The maximum Gasteiger partial charge on any atom is 0.225 e. The van der Waals surface area contributed by atoms with E-state index in [9.17, 15) is 9.90 Å². The number of carbonyl (C=O) groups is 1. The maximum absolute atomic E-state index is 11.5. The number of hydrogen-bond acceptors (Lipinski definition) is 5. The Hall–Kier alpha value is -0.980. The number of aliphatic hydroxyl groups is 1. The van der Waals surface area contributed by atoms with E-state index in [1.165, 1.54) is 11.3 Å². The number of amides is 1. The molecule has 19 heavy (non-hydrogen) atoms. The van der Waals surface area contributed by atoms with Gasteiger partial charge in [0.2, 0.25) is 5.91 Å². The Bertz CT molecular complexity index is 435. The van der Waals surface area contributed by atoms with Gasteiger partial charge in [0.25, 0.3) is 0 Å². The monoisotopic (exact) mass is 283 g/mol. The second-order valence-electron chi connectivity index (χ2n) is 4.83. The fraction of sp³-hybridized carbons (Fsp3) is 0.692. The summed E-state index contributed by atoms with van der Waals surface area (Å²) in [6.45, 7) is 6.15. The number of rotatable bonds is 5. The fourth-order valence-electron chi connectivity index (χ4n) is 2.50. The standard InChI is InChI=1S/C13H21N3O2S/c1-3-16(10(2)18)13-14-11(9-19-13)7-15-6-4-5-12(15)8-17/h9,12,17H,3-8H2,1-2H3. The van der Waals surface area contributed by atoms with Gasteiger partial charge >= 0.3 is 0 Å². The highest BCUT2D eigenvalue weighted by molar-refractivity contribution is 7.14. The molecule has 1 aromatic heterocycles. The summed E-state index contributed by atoms with van der Waals surface area (Å²) in [4.78, 5) is 20.0. The Morgan fingerprint density at radius 1 is 1.68 bits per heavy atom. The first kappa shape index (κ1) is 14.4. The van der Waals surface area contributed by atoms with Crippen molar-refractivity contribution in [3.05, 3.63) is 11.1 Å². The summed E-state index contributed by atoms with van der Waals surface area (Å²) in [5.74, 6) is 0.0257. The molecule has 1 saturated heterocycles. The molecule has 0 spiro atoms. The number of thiazole rings is 1. The molecule has 1 aromatic rings. The molecule has 0 aliphatic carbocycles. The van der Waals surface area contributed by atoms with Crippen LogP contribution in [0.25, 0.3) is 0 Å². The third-order valence-corrected chi connectivity index (χ3v) is 4.45. The number of carbonyl (C=O) groups excluding carboxylic acids is 1. The quantitative estimate of drug-likeness (QED) is 0.889. The molecule has 1 aliphatic rings. The molecule has 0 aromatic carbocycles. The molecule has 1 amide bonds. The number of likely N-dealkylation sites (tertiary alicyclic amines) is 1. The van der Waals surface area contributed by atoms with Crippen molar-refractivity contribution < 1.29 is 9.90 Å². The van der Waals surface area contributed by atoms with Crippen molar-refractivity contribution in [1.29, 1.82) is 0 Å². The summed E-state index contributed by atoms with van der Waals surface area (Å²) in [7, 11) is 0. The average molecular weight is 283 g/mol. The molecular weight excluding hydrogens is 262 g/mol. The van der Waals surface area contributed by atoms with E-state index in [-0.39, 0.29) is 18.6 Å². The molecule has 6 heteroatoms. The van der Waals surface area contributed by atoms with Gasteiger partial charge in [0.1, 0.15) is 0 Å². The average Bonchev–Trinajstić information content (AvgIpc) is 3.00. The summed E-state index contributed by atoms with van der Waals surface area (Å²) in [6, 6.07) is 0.264. The van der Waals surface area contributed by atoms with E-state index in [1.54, 1.807) is 11.8 Å². The first-order valence-electron chi connectivity index (χ1n) is 6.73. The molecule has 1 unspecified atom stereocenters. The Labute approximate surface area is 117 Å². The lowest BCUT2D eigenvalue weighted by Crippen LogP contribution is -2.32. The highest BCUT2D eigenvalue weighted by Gasteiger charge is 2.24. The number of aliphatic hydroxyl groups excluding tert-OH is 1. The molecular formula is C13H21N3O2S. The number of anilines is 1. The van der Waals surface area contributed by atoms with Crippen molar-refractivity contribution in [3.8, 4) is 0 Å². The van der Waals surface area contributed by atoms with Crippen LogP contribution >= 0.6 is 11.3 Å². The summed E-state index contributed by atoms with van der Waals surface area (Å²) >= 11 is 1.51. The highest BCUT2D eigenvalue weighted by atomic mass is 32.1. The lowest BCUT2D eigenvalue weighted by molar-refractivity contribution is -0.116. The van der Waals surface area contributed by atoms with Gasteiger partial charge in [-0.2, -0.15) is 0 Å². The number of aromatic nitrogens is 1. The first-order chi connectivity index (χ1) is 9.15. The predicted octanol–water partition coefficient (Wildman–Crippen LogP) is 1.47. The minimum atomic E-state index is 0.0257. The minimum absolute atomic E-state index is 0.0257. The van der Waals surface area contributed by atoms with Crippen LogP contribution in [0.15, 0.2) is 5.38 Å². The second-order valence-corrected chi connectivity index (χ2v) is 5.67. The zero-order chi connectivity index (χ0) is 13.8. The van der Waals surface area contributed by atoms with Crippen molar-refractivity contribution >= 4 is 22.4 Å². The van der Waals surface area contributed by atoms with Gasteiger partial charge in [-0.3, -0.25) is 14.6 Å². The molecule has 106 valence electrons. The Balaban J connectivity index is 2.03. The van der Waals surface area contributed by atoms with E-state index in [1.807, 2.05) is 12.3 Å². The number of nitrogens with zero attached hydrogens (tertiary/aromatic N) is 3. The first-order valence-corrected chi connectivity index (χ1v) is 7.61. The maximum atomic E-state index is 11.5. The van der Waals surface area contributed by atoms with Crippen LogP contribution in [-0.2, 0) is 11.3 Å². The summed E-state index contributed by atoms with van der Waals surface area (Å²) < 4.78 is 0. The normalized spacial score (nSPS) is 19.8. The summed E-state index contributed by atoms with van der Waals surface area (Å²) in [5, 5.41) is 12.1. The van der Waals surface area contributed by atoms with E-state index in [0.717, 1.165) is 36.8 Å². The van der Waals surface area contributed by atoms with Crippen molar-refractivity contribution in [2.45, 2.75) is 39.3 Å². The van der Waals surface area contributed by atoms with E-state index >= 15 is 0 Å². The molecule has 1 atom stereocenters. The number of hydrogen-bond donors (Lipinski definition) is 1. The van der Waals surface area contributed by atoms with E-state index in [4.69, 9.17) is 0 Å². The molecule has 5 nitrogen and oxygen atoms in total. The second kappa shape index (κ2) is 6.45. The van der Waals surface area contributed by atoms with Crippen LogP contribution in [0.4, 0.5) is 5.13 Å². The zero-order valence-corrected chi connectivity index (χ0v) is 12.3. The zero-order valence-electron chi connectivity index (χ0n) is 11.5. The fourth-order valence-corrected chi connectivity index (χ4v) is 3.43. The lowest BCUT2D eigenvalue weighted by Gasteiger charge is -2.21. The van der Waals surface area contributed by atoms with Crippen LogP contribution in [-0.4, -0.2) is 46.6 Å². The largest absolute Gasteiger partial charge is 0.395 e. The van der Waals surface area contributed by atoms with Crippen LogP contribution in [0.1, 0.15) is 32.4 Å². The smallest absolute Gasteiger partial charge is 0.225 e. The van der Waals surface area contributed by atoms with Gasteiger partial charge < -0.3 is 5.11 Å². The van der Waals surface area contributed by atoms with Gasteiger partial charge in [0.05, 0.1) is 12.3 Å². The molecule has 1 fully saturated rings. The van der Waals surface area contributed by atoms with Crippen LogP contribution in [0, 0.1) is 0 Å². The van der Waals surface area contributed by atoms with Crippen LogP contribution < -0.4 is 4.90 Å². The molecule has 2 rings (SSSR count). The lowest BCUT2D eigenvalue weighted by atomic mass is 10.2. The van der Waals surface area contributed by atoms with Crippen molar-refractivity contribution in [2.75, 3.05) is 24.6 Å². The van der Waals surface area contributed by atoms with E-state index in [0.29, 0.717) is 6.54 Å². The van der Waals surface area contributed by atoms with Gasteiger partial charge in [-0.15, -0.1) is 11.3 Å². The Kier molecular flexibility index (Phi) is 4.90. The van der Waals surface area contributed by atoms with Gasteiger partial charge in [0, 0.05) is 31.4 Å². The van der Waals surface area contributed by atoms with E-state index < -0.39 is 0 Å². The molecule has 0 saturated carbocycles. The highest BCUT2D eigenvalue weighted by Crippen LogP contribution is 2.24. The SMILES string of the molecule is CCN(C(C)=O)c1nc(CN2CCCC2CO)cs1. The van der Waals surface area contributed by atoms with Crippen molar-refractivity contribution in [1.82, 2.24) is 9.88 Å². The summed E-state index contributed by atoms with van der Waals surface area (Å²) in [6.07, 6.45) is 2.19. The molecule has 1 N–H and O–H groups in total. The molecule has 2 heterocycles. The molecule has 1 aliphatic heterocycles. The van der Waals surface area contributed by atoms with Gasteiger partial charge in [-0.25, -0.2) is 4.98 Å². The minimum Gasteiger partial charge on any atom is -0.395 e. The Morgan fingerprint density at radius 2 is 2.47 bits per heavy atom. The summed E-state index contributed by atoms with van der Waals surface area (Å²) in [5.41, 5.74) is 0.986. The van der Waals surface area contributed by atoms with Crippen LogP contribution in [0.5, 0.6) is 0 Å². The third kappa shape index (κ3) is 3.32. The predicted molar refractivity (Wildman–Crippen MR) is 76.3 cm³/mol. The van der Waals surface area contributed by atoms with Crippen molar-refractivity contribution in [2.24, 2.45) is 0 Å². The molecule has 0 bridgehead atoms. The van der Waals surface area contributed by atoms with Gasteiger partial charge in [-0.05, 0) is 26.3 Å². The Morgan fingerprint density at radius 3 is 3.11 bits per heavy atom. The van der Waals surface area contributed by atoms with Gasteiger partial charge in [-0.1, -0.05) is 0 Å². The van der Waals surface area contributed by atoms with Crippen LogP contribution in [0.2, 0.25) is 0 Å². The van der Waals surface area contributed by atoms with Crippen LogP contribution in [0.3, 0.4) is 0 Å². The topological polar surface area (TPSA) is 56.7 Å². The van der Waals surface area contributed by atoms with E-state index in [2.05, 4.69) is 9.88 Å². The van der Waals surface area contributed by atoms with Crippen molar-refractivity contribution in [3.63, 3.8) is 0 Å².